The number of halogens is 3. The zero-order valence-corrected chi connectivity index (χ0v) is 43.0. The second-order valence-corrected chi connectivity index (χ2v) is 22.7. The molecule has 5 aliphatic rings. The molecule has 21 heteroatoms. The van der Waals surface area contributed by atoms with E-state index in [0.717, 1.165) is 81.6 Å². The van der Waals surface area contributed by atoms with Crippen LogP contribution in [0.4, 0.5) is 30.2 Å². The zero-order chi connectivity index (χ0) is 52.9. The van der Waals surface area contributed by atoms with Gasteiger partial charge in [-0.15, -0.1) is 0 Å². The van der Waals surface area contributed by atoms with Gasteiger partial charge in [-0.1, -0.05) is 44.2 Å². The van der Waals surface area contributed by atoms with Crippen LogP contribution in [0.3, 0.4) is 0 Å². The minimum Gasteiger partial charge on any atom is -0.455 e. The molecule has 1 atom stereocenters. The number of carbonyl (C=O) groups excluding carboxylic acids is 1. The number of carbonyl (C=O) groups is 1. The van der Waals surface area contributed by atoms with Crippen LogP contribution in [-0.2, 0) is 21.3 Å². The van der Waals surface area contributed by atoms with Crippen LogP contribution in [0.5, 0.6) is 23.0 Å². The lowest BCUT2D eigenvalue weighted by Crippen LogP contribution is -2.60. The number of fused-ring (bicyclic) bond motifs is 2. The Morgan fingerprint density at radius 3 is 2.50 bits per heavy atom. The number of alkyl halides is 1. The number of benzene rings is 4. The Kier molecular flexibility index (Phi) is 13.8. The van der Waals surface area contributed by atoms with Crippen LogP contribution in [0, 0.1) is 27.2 Å². The predicted molar refractivity (Wildman–Crippen MR) is 277 cm³/mol. The van der Waals surface area contributed by atoms with E-state index in [1.54, 1.807) is 30.5 Å². The predicted octanol–water partition coefficient (Wildman–Crippen LogP) is 9.75. The van der Waals surface area contributed by atoms with Gasteiger partial charge in [0.2, 0.25) is 6.79 Å². The van der Waals surface area contributed by atoms with Crippen LogP contribution in [0.15, 0.2) is 96.2 Å². The molecular weight excluding hydrogens is 1010 g/mol. The Bertz CT molecular complexity index is 3300. The number of pyridine rings is 1. The van der Waals surface area contributed by atoms with Crippen molar-refractivity contribution < 1.29 is 50.3 Å². The highest BCUT2D eigenvalue weighted by Gasteiger charge is 2.50. The van der Waals surface area contributed by atoms with Gasteiger partial charge in [-0.3, -0.25) is 24.7 Å². The first-order valence-electron chi connectivity index (χ1n) is 25.7. The molecule has 6 heterocycles. The van der Waals surface area contributed by atoms with E-state index >= 15 is 4.39 Å². The maximum Gasteiger partial charge on any atom is 0.297 e. The maximum atomic E-state index is 15.6. The number of nitro groups is 1. The van der Waals surface area contributed by atoms with Crippen LogP contribution in [0.2, 0.25) is 0 Å². The molecule has 1 amide bonds. The van der Waals surface area contributed by atoms with Gasteiger partial charge in [-0.25, -0.2) is 31.3 Å². The Labute approximate surface area is 437 Å². The molecule has 6 aromatic rings. The first-order chi connectivity index (χ1) is 36.5. The number of sulfonamides is 1. The molecular formula is C55H59F3N8O9S. The third-order valence-corrected chi connectivity index (χ3v) is 17.3. The van der Waals surface area contributed by atoms with Crippen molar-refractivity contribution in [2.24, 2.45) is 5.41 Å². The smallest absolute Gasteiger partial charge is 0.297 e. The molecule has 400 valence electrons. The van der Waals surface area contributed by atoms with E-state index in [1.165, 1.54) is 29.5 Å². The average Bonchev–Trinajstić information content (AvgIpc) is 4.11. The number of piperazine rings is 1. The molecule has 3 saturated heterocycles. The fraction of sp³-hybridized carbons (Fsp3) is 0.418. The molecule has 76 heavy (non-hydrogen) atoms. The van der Waals surface area contributed by atoms with Gasteiger partial charge < -0.3 is 34.1 Å². The van der Waals surface area contributed by atoms with Gasteiger partial charge in [0.05, 0.1) is 16.7 Å². The highest BCUT2D eigenvalue weighted by Crippen LogP contribution is 2.54. The van der Waals surface area contributed by atoms with Crippen molar-refractivity contribution in [1.82, 2.24) is 24.5 Å². The van der Waals surface area contributed by atoms with E-state index in [9.17, 15) is 32.1 Å². The summed E-state index contributed by atoms with van der Waals surface area (Å²) in [6.45, 7) is 8.08. The third kappa shape index (κ3) is 10.2. The standard InChI is InChI=1S/C55H59F3N8O9S/c1-34(2)41-5-3-4-6-42(41)46-31-63(30-36-7-8-37(56)24-44(36)57)19-20-65(46)39-27-54(28-39)12-17-64(18-13-54)38-9-10-43(47(25-38)75-40-23-35-11-16-59-52(35)60-29-40)53(67)62-76(70,71)48-26-45(66(68)69)49(51-50(48)73-33-74-51)61-32-55(58)14-21-72-22-15-55/h3-11,16,23-26,29,34,39,46,61H,12-15,17-22,27-28,30-33H2,1-2H3,(H,59,60)(H,62,67)/t46-/m0/s1. The summed E-state index contributed by atoms with van der Waals surface area (Å²) in [5.74, 6) is -2.23. The first-order valence-corrected chi connectivity index (χ1v) is 27.2. The van der Waals surface area contributed by atoms with Crippen molar-refractivity contribution in [2.75, 3.05) is 69.5 Å². The number of aromatic nitrogens is 2. The van der Waals surface area contributed by atoms with Gasteiger partial charge in [-0.05, 0) is 78.5 Å². The number of anilines is 2. The quantitative estimate of drug-likeness (QED) is 0.0650. The van der Waals surface area contributed by atoms with Crippen LogP contribution in [-0.4, -0.2) is 110 Å². The SMILES string of the molecule is CC(C)c1ccccc1[C@@H]1CN(Cc2ccc(F)cc2F)CCN1C1CC2(CCN(c3ccc(C(=O)NS(=O)(=O)c4cc([N+](=O)[O-])c(NCC5(F)CCOCC5)c5c4OCO5)c(Oc4cnc5[nH]ccc5c4)c3)CC2)C1. The number of H-pyrrole nitrogens is 1. The highest BCUT2D eigenvalue weighted by atomic mass is 32.2. The lowest BCUT2D eigenvalue weighted by molar-refractivity contribution is -0.384. The Morgan fingerprint density at radius 1 is 0.961 bits per heavy atom. The molecule has 0 bridgehead atoms. The van der Waals surface area contributed by atoms with Gasteiger partial charge in [0.15, 0.2) is 17.2 Å². The zero-order valence-electron chi connectivity index (χ0n) is 42.2. The average molecular weight is 1070 g/mol. The number of hydrogen-bond donors (Lipinski definition) is 3. The van der Waals surface area contributed by atoms with Crippen LogP contribution in [0.25, 0.3) is 11.0 Å². The first kappa shape index (κ1) is 51.2. The Morgan fingerprint density at radius 2 is 1.74 bits per heavy atom. The van der Waals surface area contributed by atoms with Gasteiger partial charge in [0.1, 0.15) is 39.3 Å². The van der Waals surface area contributed by atoms with Crippen molar-refractivity contribution in [1.29, 1.82) is 0 Å². The number of nitro benzene ring substituents is 1. The van der Waals surface area contributed by atoms with Gasteiger partial charge >= 0.3 is 0 Å². The summed E-state index contributed by atoms with van der Waals surface area (Å²) in [6.07, 6.45) is 7.23. The number of ether oxygens (including phenoxy) is 4. The maximum absolute atomic E-state index is 15.6. The number of rotatable bonds is 15. The molecule has 17 nitrogen and oxygen atoms in total. The summed E-state index contributed by atoms with van der Waals surface area (Å²) in [6, 6.07) is 22.1. The number of piperidine rings is 1. The molecule has 1 saturated carbocycles. The second kappa shape index (κ2) is 20.5. The molecule has 2 aromatic heterocycles. The monoisotopic (exact) mass is 1060 g/mol. The van der Waals surface area contributed by atoms with Gasteiger partial charge in [0.25, 0.3) is 21.6 Å². The molecule has 0 radical (unpaired) electrons. The van der Waals surface area contributed by atoms with Crippen molar-refractivity contribution in [3.63, 3.8) is 0 Å². The van der Waals surface area contributed by atoms with Crippen LogP contribution in [0.1, 0.15) is 91.4 Å². The molecule has 0 unspecified atom stereocenters. The summed E-state index contributed by atoms with van der Waals surface area (Å²) < 4.78 is 97.5. The number of nitrogens with one attached hydrogen (secondary N) is 3. The molecule has 1 spiro atoms. The van der Waals surface area contributed by atoms with E-state index in [2.05, 4.69) is 72.8 Å². The summed E-state index contributed by atoms with van der Waals surface area (Å²) in [5.41, 5.74) is 1.71. The molecule has 1 aliphatic carbocycles. The Hall–Kier alpha value is -6.94. The summed E-state index contributed by atoms with van der Waals surface area (Å²) in [4.78, 5) is 39.8. The number of aromatic amines is 1. The van der Waals surface area contributed by atoms with E-state index in [0.29, 0.717) is 29.7 Å². The highest BCUT2D eigenvalue weighted by molar-refractivity contribution is 7.90. The number of nitrogens with zero attached hydrogens (tertiary/aromatic N) is 5. The van der Waals surface area contributed by atoms with Crippen molar-refractivity contribution in [2.45, 2.75) is 87.5 Å². The van der Waals surface area contributed by atoms with Crippen molar-refractivity contribution in [3.05, 3.63) is 135 Å². The van der Waals surface area contributed by atoms with Crippen molar-refractivity contribution in [3.8, 4) is 23.0 Å². The molecule has 4 fully saturated rings. The topological polar surface area (TPSA) is 194 Å². The summed E-state index contributed by atoms with van der Waals surface area (Å²) in [7, 11) is -4.90. The second-order valence-electron chi connectivity index (χ2n) is 21.1. The fourth-order valence-electron chi connectivity index (χ4n) is 11.8. The molecule has 4 aliphatic heterocycles. The summed E-state index contributed by atoms with van der Waals surface area (Å²) >= 11 is 0. The summed E-state index contributed by atoms with van der Waals surface area (Å²) in [5, 5.41) is 15.9. The number of hydrogen-bond acceptors (Lipinski definition) is 14. The lowest BCUT2D eigenvalue weighted by Gasteiger charge is -2.58. The van der Waals surface area contributed by atoms with Gasteiger partial charge in [-0.2, -0.15) is 0 Å². The normalized spacial score (nSPS) is 19.7. The minimum absolute atomic E-state index is 0.0449. The molecule has 11 rings (SSSR count). The van der Waals surface area contributed by atoms with E-state index in [1.807, 2.05) is 6.07 Å². The van der Waals surface area contributed by atoms with E-state index in [4.69, 9.17) is 18.9 Å². The minimum atomic E-state index is -4.90. The van der Waals surface area contributed by atoms with Gasteiger partial charge in [0, 0.05) is 125 Å². The van der Waals surface area contributed by atoms with Crippen LogP contribution < -0.4 is 29.1 Å². The lowest BCUT2D eigenvalue weighted by atomic mass is 9.59. The molecule has 4 aromatic carbocycles. The van der Waals surface area contributed by atoms with E-state index in [-0.39, 0.29) is 78.3 Å². The Balaban J connectivity index is 0.811. The third-order valence-electron chi connectivity index (χ3n) is 16.0. The van der Waals surface area contributed by atoms with Crippen molar-refractivity contribution >= 4 is 44.0 Å². The number of amides is 1. The fourth-order valence-corrected chi connectivity index (χ4v) is 12.9. The van der Waals surface area contributed by atoms with E-state index < -0.39 is 55.5 Å². The largest absolute Gasteiger partial charge is 0.455 e. The molecule has 3 N–H and O–H groups in total. The van der Waals surface area contributed by atoms with Crippen LogP contribution >= 0.6 is 0 Å².